The van der Waals surface area contributed by atoms with Gasteiger partial charge in [0.1, 0.15) is 0 Å². The largest absolute Gasteiger partial charge is 0.359 e. The van der Waals surface area contributed by atoms with E-state index in [1.165, 1.54) is 0 Å². The summed E-state index contributed by atoms with van der Waals surface area (Å²) in [4.78, 5) is 25.4. The van der Waals surface area contributed by atoms with Crippen LogP contribution in [0, 0.1) is 11.8 Å². The molecule has 0 aromatic heterocycles. The van der Waals surface area contributed by atoms with Crippen LogP contribution in [0.3, 0.4) is 0 Å². The molecule has 0 bridgehead atoms. The standard InChI is InChI=1S/C14H27N3O2.ClH/c1-4-10(2)13(15)14(19)17-7-5-11(6-8-17)9-12(18)16-3;/h10-11,13H,4-9,15H2,1-3H3,(H,16,18);1H. The summed E-state index contributed by atoms with van der Waals surface area (Å²) < 4.78 is 0. The summed E-state index contributed by atoms with van der Waals surface area (Å²) in [5.74, 6) is 0.758. The molecule has 3 N–H and O–H groups in total. The number of rotatable bonds is 5. The molecule has 1 aliphatic heterocycles. The van der Waals surface area contributed by atoms with E-state index in [4.69, 9.17) is 5.73 Å². The average Bonchev–Trinajstić information content (AvgIpc) is 2.45. The van der Waals surface area contributed by atoms with Crippen LogP contribution in [0.25, 0.3) is 0 Å². The predicted molar refractivity (Wildman–Crippen MR) is 82.7 cm³/mol. The molecule has 118 valence electrons. The predicted octanol–water partition coefficient (Wildman–Crippen LogP) is 1.16. The first-order valence-electron chi connectivity index (χ1n) is 7.24. The monoisotopic (exact) mass is 305 g/mol. The van der Waals surface area contributed by atoms with Gasteiger partial charge in [0.25, 0.3) is 0 Å². The number of halogens is 1. The van der Waals surface area contributed by atoms with E-state index in [0.717, 1.165) is 32.4 Å². The van der Waals surface area contributed by atoms with Crippen molar-refractivity contribution in [1.82, 2.24) is 10.2 Å². The van der Waals surface area contributed by atoms with Crippen molar-refractivity contribution in [2.45, 2.75) is 45.6 Å². The van der Waals surface area contributed by atoms with Crippen LogP contribution in [0.15, 0.2) is 0 Å². The van der Waals surface area contributed by atoms with Crippen LogP contribution in [0.4, 0.5) is 0 Å². The van der Waals surface area contributed by atoms with Crippen molar-refractivity contribution >= 4 is 24.2 Å². The van der Waals surface area contributed by atoms with Crippen molar-refractivity contribution in [3.63, 3.8) is 0 Å². The van der Waals surface area contributed by atoms with Crippen molar-refractivity contribution in [2.75, 3.05) is 20.1 Å². The van der Waals surface area contributed by atoms with Crippen molar-refractivity contribution < 1.29 is 9.59 Å². The molecule has 0 radical (unpaired) electrons. The molecule has 2 atom stereocenters. The highest BCUT2D eigenvalue weighted by Crippen LogP contribution is 2.21. The first-order chi connectivity index (χ1) is 8.99. The summed E-state index contributed by atoms with van der Waals surface area (Å²) in [6.45, 7) is 5.52. The second-order valence-electron chi connectivity index (χ2n) is 5.56. The molecule has 0 aliphatic carbocycles. The van der Waals surface area contributed by atoms with Gasteiger partial charge in [-0.25, -0.2) is 0 Å². The van der Waals surface area contributed by atoms with E-state index in [0.29, 0.717) is 12.3 Å². The maximum absolute atomic E-state index is 12.2. The van der Waals surface area contributed by atoms with Gasteiger partial charge in [-0.3, -0.25) is 9.59 Å². The Morgan fingerprint density at radius 2 is 1.90 bits per heavy atom. The lowest BCUT2D eigenvalue weighted by atomic mass is 9.91. The molecule has 1 saturated heterocycles. The second-order valence-corrected chi connectivity index (χ2v) is 5.56. The third-order valence-corrected chi connectivity index (χ3v) is 4.22. The van der Waals surface area contributed by atoms with Crippen LogP contribution >= 0.6 is 12.4 Å². The lowest BCUT2D eigenvalue weighted by Crippen LogP contribution is -2.49. The minimum absolute atomic E-state index is 0. The van der Waals surface area contributed by atoms with Crippen LogP contribution in [0.2, 0.25) is 0 Å². The lowest BCUT2D eigenvalue weighted by molar-refractivity contribution is -0.135. The van der Waals surface area contributed by atoms with E-state index >= 15 is 0 Å². The van der Waals surface area contributed by atoms with Crippen LogP contribution < -0.4 is 11.1 Å². The molecule has 1 fully saturated rings. The Kier molecular flexibility index (Phi) is 8.81. The number of piperidine rings is 1. The number of carbonyl (C=O) groups is 2. The number of nitrogens with one attached hydrogen (secondary N) is 1. The smallest absolute Gasteiger partial charge is 0.239 e. The van der Waals surface area contributed by atoms with Crippen molar-refractivity contribution in [3.05, 3.63) is 0 Å². The van der Waals surface area contributed by atoms with E-state index in [2.05, 4.69) is 5.32 Å². The highest BCUT2D eigenvalue weighted by molar-refractivity contribution is 5.85. The van der Waals surface area contributed by atoms with E-state index in [-0.39, 0.29) is 36.2 Å². The Labute approximate surface area is 128 Å². The Hall–Kier alpha value is -0.810. The minimum Gasteiger partial charge on any atom is -0.359 e. The van der Waals surface area contributed by atoms with E-state index < -0.39 is 0 Å². The van der Waals surface area contributed by atoms with Gasteiger partial charge in [-0.15, -0.1) is 12.4 Å². The minimum atomic E-state index is -0.388. The summed E-state index contributed by atoms with van der Waals surface area (Å²) in [6.07, 6.45) is 3.27. The molecule has 0 saturated carbocycles. The fourth-order valence-electron chi connectivity index (χ4n) is 2.43. The average molecular weight is 306 g/mol. The van der Waals surface area contributed by atoms with Gasteiger partial charge in [-0.05, 0) is 24.7 Å². The Morgan fingerprint density at radius 3 is 2.35 bits per heavy atom. The number of hydrogen-bond acceptors (Lipinski definition) is 3. The fourth-order valence-corrected chi connectivity index (χ4v) is 2.43. The Balaban J connectivity index is 0.00000361. The Morgan fingerprint density at radius 1 is 1.35 bits per heavy atom. The SMILES string of the molecule is CCC(C)C(N)C(=O)N1CCC(CC(=O)NC)CC1.Cl. The molecule has 0 aromatic carbocycles. The summed E-state index contributed by atoms with van der Waals surface area (Å²) in [7, 11) is 1.66. The molecule has 1 rings (SSSR count). The van der Waals surface area contributed by atoms with Gasteiger partial charge in [0.05, 0.1) is 6.04 Å². The molecule has 0 aromatic rings. The number of nitrogens with zero attached hydrogens (tertiary/aromatic N) is 1. The van der Waals surface area contributed by atoms with Gasteiger partial charge in [0.2, 0.25) is 11.8 Å². The molecule has 2 unspecified atom stereocenters. The summed E-state index contributed by atoms with van der Waals surface area (Å²) in [6, 6.07) is -0.388. The first-order valence-corrected chi connectivity index (χ1v) is 7.24. The zero-order valence-electron chi connectivity index (χ0n) is 12.7. The molecular weight excluding hydrogens is 278 g/mol. The Bertz CT molecular complexity index is 318. The van der Waals surface area contributed by atoms with Crippen LogP contribution in [-0.2, 0) is 9.59 Å². The topological polar surface area (TPSA) is 75.4 Å². The number of nitrogens with two attached hydrogens (primary N) is 1. The third-order valence-electron chi connectivity index (χ3n) is 4.22. The van der Waals surface area contributed by atoms with Gasteiger partial charge in [-0.2, -0.15) is 0 Å². The maximum atomic E-state index is 12.2. The fraction of sp³-hybridized carbons (Fsp3) is 0.857. The van der Waals surface area contributed by atoms with Crippen LogP contribution in [-0.4, -0.2) is 42.9 Å². The normalized spacial score (nSPS) is 18.9. The van der Waals surface area contributed by atoms with E-state index in [1.807, 2.05) is 18.7 Å². The summed E-state index contributed by atoms with van der Waals surface area (Å²) >= 11 is 0. The molecule has 1 aliphatic rings. The molecule has 5 nitrogen and oxygen atoms in total. The van der Waals surface area contributed by atoms with Crippen LogP contribution in [0.5, 0.6) is 0 Å². The van der Waals surface area contributed by atoms with E-state index in [9.17, 15) is 9.59 Å². The molecule has 1 heterocycles. The zero-order valence-corrected chi connectivity index (χ0v) is 13.5. The van der Waals surface area contributed by atoms with Gasteiger partial charge >= 0.3 is 0 Å². The summed E-state index contributed by atoms with van der Waals surface area (Å²) in [5.41, 5.74) is 5.98. The van der Waals surface area contributed by atoms with Crippen LogP contribution in [0.1, 0.15) is 39.5 Å². The molecular formula is C14H28ClN3O2. The van der Waals surface area contributed by atoms with Gasteiger partial charge in [0, 0.05) is 26.6 Å². The molecule has 2 amide bonds. The summed E-state index contributed by atoms with van der Waals surface area (Å²) in [5, 5.41) is 2.65. The van der Waals surface area contributed by atoms with Gasteiger partial charge in [-0.1, -0.05) is 20.3 Å². The number of hydrogen-bond donors (Lipinski definition) is 2. The van der Waals surface area contributed by atoms with Crippen molar-refractivity contribution in [2.24, 2.45) is 17.6 Å². The second kappa shape index (κ2) is 9.19. The highest BCUT2D eigenvalue weighted by Gasteiger charge is 2.29. The van der Waals surface area contributed by atoms with Gasteiger partial charge < -0.3 is 16.0 Å². The molecule has 0 spiro atoms. The van der Waals surface area contributed by atoms with E-state index in [1.54, 1.807) is 7.05 Å². The first kappa shape index (κ1) is 19.2. The van der Waals surface area contributed by atoms with Crippen molar-refractivity contribution in [3.8, 4) is 0 Å². The highest BCUT2D eigenvalue weighted by atomic mass is 35.5. The number of likely N-dealkylation sites (tertiary alicyclic amines) is 1. The lowest BCUT2D eigenvalue weighted by Gasteiger charge is -2.34. The van der Waals surface area contributed by atoms with Crippen molar-refractivity contribution in [1.29, 1.82) is 0 Å². The zero-order chi connectivity index (χ0) is 14.4. The third kappa shape index (κ3) is 5.29. The maximum Gasteiger partial charge on any atom is 0.239 e. The quantitative estimate of drug-likeness (QED) is 0.800. The number of carbonyl (C=O) groups excluding carboxylic acids is 2. The molecule has 6 heteroatoms. The van der Waals surface area contributed by atoms with Gasteiger partial charge in [0.15, 0.2) is 0 Å². The number of amides is 2. The molecule has 20 heavy (non-hydrogen) atoms.